The number of hydrogen-bond acceptors (Lipinski definition) is 8. The molecule has 3 amide bonds. The van der Waals surface area contributed by atoms with Crippen LogP contribution in [-0.4, -0.2) is 81.2 Å². The number of carboxylic acids is 1. The third-order valence-electron chi connectivity index (χ3n) is 4.44. The van der Waals surface area contributed by atoms with Gasteiger partial charge in [0.15, 0.2) is 0 Å². The Balaban J connectivity index is 2.91. The Morgan fingerprint density at radius 1 is 1.10 bits per heavy atom. The first-order valence-electron chi connectivity index (χ1n) is 9.87. The van der Waals surface area contributed by atoms with Gasteiger partial charge in [0.05, 0.1) is 19.0 Å². The Bertz CT molecular complexity index is 725. The highest BCUT2D eigenvalue weighted by Gasteiger charge is 2.31. The van der Waals surface area contributed by atoms with Crippen molar-refractivity contribution in [1.82, 2.24) is 25.9 Å². The van der Waals surface area contributed by atoms with E-state index >= 15 is 0 Å². The molecule has 0 aliphatic carbocycles. The highest BCUT2D eigenvalue weighted by atomic mass is 16.4. The van der Waals surface area contributed by atoms with Crippen LogP contribution in [0.4, 0.5) is 0 Å². The van der Waals surface area contributed by atoms with Crippen LogP contribution in [0.5, 0.6) is 0 Å². The Hall–Kier alpha value is -3.03. The van der Waals surface area contributed by atoms with Crippen molar-refractivity contribution in [2.75, 3.05) is 13.1 Å². The molecule has 0 aromatic carbocycles. The van der Waals surface area contributed by atoms with Gasteiger partial charge in [0.1, 0.15) is 18.1 Å². The predicted octanol–water partition coefficient (Wildman–Crippen LogP) is -3.04. The molecule has 0 aliphatic heterocycles. The number of unbranched alkanes of at least 4 members (excludes halogenated alkanes) is 1. The second kappa shape index (κ2) is 13.3. The van der Waals surface area contributed by atoms with Crippen LogP contribution in [-0.2, 0) is 25.6 Å². The number of imidazole rings is 1. The third-order valence-corrected chi connectivity index (χ3v) is 4.44. The summed E-state index contributed by atoms with van der Waals surface area (Å²) in [6, 6.07) is -3.69. The minimum atomic E-state index is -1.33. The average molecular weight is 441 g/mol. The number of carbonyl (C=O) groups excluding carboxylic acids is 3. The quantitative estimate of drug-likeness (QED) is 0.137. The topological polar surface area (TPSA) is 226 Å². The predicted molar refractivity (Wildman–Crippen MR) is 109 cm³/mol. The van der Waals surface area contributed by atoms with Gasteiger partial charge in [-0.15, -0.1) is 0 Å². The summed E-state index contributed by atoms with van der Waals surface area (Å²) in [6.07, 6.45) is 2.79. The molecule has 4 atom stereocenters. The molecule has 1 aromatic heterocycles. The summed E-state index contributed by atoms with van der Waals surface area (Å²) in [7, 11) is 0. The zero-order valence-corrected chi connectivity index (χ0v) is 17.3. The molecule has 0 bridgehead atoms. The Morgan fingerprint density at radius 2 is 1.77 bits per heavy atom. The Kier molecular flexibility index (Phi) is 11.2. The second-order valence-corrected chi connectivity index (χ2v) is 7.02. The van der Waals surface area contributed by atoms with E-state index < -0.39 is 47.9 Å². The standard InChI is InChI=1S/C18H31N7O6/c1-10(26)15(25-14(27)7-20)17(29)23-12(4-2-3-5-19)16(28)24-13(18(30)31)6-11-8-21-9-22-11/h8-10,12-13,15,26H,2-7,19-20H2,1H3,(H,21,22)(H,23,29)(H,24,28)(H,25,27)(H,30,31). The molecular weight excluding hydrogens is 410 g/mol. The summed E-state index contributed by atoms with van der Waals surface area (Å²) >= 11 is 0. The van der Waals surface area contributed by atoms with Crippen LogP contribution in [0.25, 0.3) is 0 Å². The smallest absolute Gasteiger partial charge is 0.326 e. The minimum absolute atomic E-state index is 0.0343. The number of nitrogens with zero attached hydrogens (tertiary/aromatic N) is 1. The van der Waals surface area contributed by atoms with Crippen LogP contribution >= 0.6 is 0 Å². The fourth-order valence-electron chi connectivity index (χ4n) is 2.75. The minimum Gasteiger partial charge on any atom is -0.480 e. The molecule has 174 valence electrons. The van der Waals surface area contributed by atoms with Crippen molar-refractivity contribution in [1.29, 1.82) is 0 Å². The first kappa shape index (κ1) is 26.0. The number of aliphatic hydroxyl groups excluding tert-OH is 1. The molecule has 13 heteroatoms. The van der Waals surface area contributed by atoms with E-state index in [1.165, 1.54) is 19.4 Å². The Morgan fingerprint density at radius 3 is 2.29 bits per heavy atom. The fraction of sp³-hybridized carbons (Fsp3) is 0.611. The monoisotopic (exact) mass is 441 g/mol. The van der Waals surface area contributed by atoms with Gasteiger partial charge in [-0.2, -0.15) is 0 Å². The molecule has 1 rings (SSSR count). The molecular formula is C18H31N7O6. The summed E-state index contributed by atoms with van der Waals surface area (Å²) in [4.78, 5) is 55.1. The van der Waals surface area contributed by atoms with Gasteiger partial charge in [0, 0.05) is 18.3 Å². The summed E-state index contributed by atoms with van der Waals surface area (Å²) in [5, 5.41) is 26.4. The molecule has 0 spiro atoms. The number of aliphatic hydroxyl groups is 1. The van der Waals surface area contributed by atoms with Gasteiger partial charge in [-0.05, 0) is 32.7 Å². The van der Waals surface area contributed by atoms with Gasteiger partial charge < -0.3 is 42.6 Å². The third kappa shape index (κ3) is 9.11. The molecule has 1 heterocycles. The lowest BCUT2D eigenvalue weighted by molar-refractivity contribution is -0.142. The van der Waals surface area contributed by atoms with E-state index in [2.05, 4.69) is 25.9 Å². The summed E-state index contributed by atoms with van der Waals surface area (Å²) in [5.41, 5.74) is 11.2. The molecule has 0 saturated carbocycles. The van der Waals surface area contributed by atoms with Crippen LogP contribution in [0.15, 0.2) is 12.5 Å². The number of rotatable bonds is 14. The maximum absolute atomic E-state index is 12.8. The van der Waals surface area contributed by atoms with Crippen molar-refractivity contribution in [2.24, 2.45) is 11.5 Å². The van der Waals surface area contributed by atoms with Crippen molar-refractivity contribution < 1.29 is 29.4 Å². The van der Waals surface area contributed by atoms with Crippen LogP contribution < -0.4 is 27.4 Å². The number of aliphatic carboxylic acids is 1. The number of H-pyrrole nitrogens is 1. The van der Waals surface area contributed by atoms with Crippen molar-refractivity contribution in [3.05, 3.63) is 18.2 Å². The van der Waals surface area contributed by atoms with Crippen molar-refractivity contribution in [3.8, 4) is 0 Å². The van der Waals surface area contributed by atoms with Crippen LogP contribution in [0.3, 0.4) is 0 Å². The SMILES string of the molecule is CC(O)C(NC(=O)CN)C(=O)NC(CCCCN)C(=O)NC(Cc1cnc[nH]1)C(=O)O. The number of carboxylic acid groups (broad SMARTS) is 1. The maximum atomic E-state index is 12.8. The van der Waals surface area contributed by atoms with E-state index in [-0.39, 0.29) is 19.4 Å². The molecule has 13 nitrogen and oxygen atoms in total. The lowest BCUT2D eigenvalue weighted by atomic mass is 10.1. The van der Waals surface area contributed by atoms with Gasteiger partial charge in [0.25, 0.3) is 0 Å². The zero-order valence-electron chi connectivity index (χ0n) is 17.3. The van der Waals surface area contributed by atoms with E-state index in [1.807, 2.05) is 0 Å². The van der Waals surface area contributed by atoms with Gasteiger partial charge in [-0.1, -0.05) is 0 Å². The lowest BCUT2D eigenvalue weighted by Crippen LogP contribution is -2.58. The van der Waals surface area contributed by atoms with Gasteiger partial charge in [0.2, 0.25) is 17.7 Å². The van der Waals surface area contributed by atoms with Gasteiger partial charge in [-0.25, -0.2) is 9.78 Å². The molecule has 0 fully saturated rings. The van der Waals surface area contributed by atoms with Crippen molar-refractivity contribution in [3.63, 3.8) is 0 Å². The van der Waals surface area contributed by atoms with Crippen molar-refractivity contribution >= 4 is 23.7 Å². The molecule has 0 aliphatic rings. The number of amides is 3. The summed E-state index contributed by atoms with van der Waals surface area (Å²) < 4.78 is 0. The first-order chi connectivity index (χ1) is 14.7. The van der Waals surface area contributed by atoms with Crippen LogP contribution in [0.1, 0.15) is 31.9 Å². The molecule has 0 radical (unpaired) electrons. The fourth-order valence-corrected chi connectivity index (χ4v) is 2.75. The van der Waals surface area contributed by atoms with E-state index in [4.69, 9.17) is 11.5 Å². The molecule has 0 saturated heterocycles. The van der Waals surface area contributed by atoms with E-state index in [9.17, 15) is 29.4 Å². The summed E-state index contributed by atoms with van der Waals surface area (Å²) in [5.74, 6) is -3.43. The zero-order chi connectivity index (χ0) is 23.4. The number of hydrogen-bond donors (Lipinski definition) is 8. The number of aromatic amines is 1. The largest absolute Gasteiger partial charge is 0.480 e. The number of nitrogens with two attached hydrogens (primary N) is 2. The highest BCUT2D eigenvalue weighted by molar-refractivity contribution is 5.93. The second-order valence-electron chi connectivity index (χ2n) is 7.02. The number of nitrogens with one attached hydrogen (secondary N) is 4. The normalized spacial score (nSPS) is 14.7. The van der Waals surface area contributed by atoms with Crippen molar-refractivity contribution in [2.45, 2.75) is 56.8 Å². The van der Waals surface area contributed by atoms with Crippen LogP contribution in [0, 0.1) is 0 Å². The number of carbonyl (C=O) groups is 4. The van der Waals surface area contributed by atoms with Gasteiger partial charge in [-0.3, -0.25) is 14.4 Å². The molecule has 31 heavy (non-hydrogen) atoms. The van der Waals surface area contributed by atoms with E-state index in [0.717, 1.165) is 0 Å². The Labute approximate surface area is 179 Å². The average Bonchev–Trinajstić information content (AvgIpc) is 3.23. The van der Waals surface area contributed by atoms with Crippen LogP contribution in [0.2, 0.25) is 0 Å². The highest BCUT2D eigenvalue weighted by Crippen LogP contribution is 2.05. The number of aromatic nitrogens is 2. The molecule has 4 unspecified atom stereocenters. The maximum Gasteiger partial charge on any atom is 0.326 e. The molecule has 10 N–H and O–H groups in total. The lowest BCUT2D eigenvalue weighted by Gasteiger charge is -2.25. The van der Waals surface area contributed by atoms with E-state index in [1.54, 1.807) is 0 Å². The summed E-state index contributed by atoms with van der Waals surface area (Å²) in [6.45, 7) is 1.29. The van der Waals surface area contributed by atoms with Gasteiger partial charge >= 0.3 is 5.97 Å². The van der Waals surface area contributed by atoms with E-state index in [0.29, 0.717) is 25.1 Å². The molecule has 1 aromatic rings. The first-order valence-corrected chi connectivity index (χ1v) is 9.87.